The van der Waals surface area contributed by atoms with Gasteiger partial charge in [-0.3, -0.25) is 0 Å². The third-order valence-corrected chi connectivity index (χ3v) is 7.67. The Bertz CT molecular complexity index is 2080. The first-order valence-corrected chi connectivity index (χ1v) is 13.5. The quantitative estimate of drug-likeness (QED) is 0.235. The Morgan fingerprint density at radius 1 is 0.450 bits per heavy atom. The van der Waals surface area contributed by atoms with Crippen LogP contribution >= 0.6 is 0 Å². The largest absolute Gasteiger partial charge is 0.436 e. The van der Waals surface area contributed by atoms with E-state index in [1.165, 1.54) is 27.4 Å². The molecule has 0 amide bonds. The molecule has 188 valence electrons. The van der Waals surface area contributed by atoms with E-state index in [9.17, 15) is 0 Å². The number of fused-ring (bicyclic) bond motifs is 4. The third kappa shape index (κ3) is 3.63. The van der Waals surface area contributed by atoms with E-state index in [1.807, 2.05) is 30.3 Å². The van der Waals surface area contributed by atoms with Gasteiger partial charge in [-0.05, 0) is 59.2 Å². The van der Waals surface area contributed by atoms with Gasteiger partial charge in [0.25, 0.3) is 0 Å². The maximum atomic E-state index is 6.18. The molecule has 8 aromatic rings. The Morgan fingerprint density at radius 2 is 1.02 bits per heavy atom. The number of rotatable bonds is 4. The first kappa shape index (κ1) is 22.6. The maximum absolute atomic E-state index is 6.18. The molecule has 0 atom stereocenters. The molecule has 8 rings (SSSR count). The number of aromatic nitrogens is 2. The Kier molecular flexibility index (Phi) is 5.14. The van der Waals surface area contributed by atoms with Crippen LogP contribution in [-0.4, -0.2) is 9.55 Å². The molecule has 0 aliphatic rings. The molecule has 0 bridgehead atoms. The lowest BCUT2D eigenvalue weighted by Gasteiger charge is -2.09. The summed E-state index contributed by atoms with van der Waals surface area (Å²) in [4.78, 5) is 4.88. The van der Waals surface area contributed by atoms with Gasteiger partial charge >= 0.3 is 0 Å². The molecule has 6 aromatic carbocycles. The molecule has 2 heterocycles. The van der Waals surface area contributed by atoms with Crippen molar-refractivity contribution in [1.82, 2.24) is 9.55 Å². The summed E-state index contributed by atoms with van der Waals surface area (Å²) >= 11 is 0. The molecule has 3 heteroatoms. The Balaban J connectivity index is 1.13. The number of para-hydroxylation sites is 3. The Labute approximate surface area is 231 Å². The number of oxazole rings is 1. The second-order valence-electron chi connectivity index (χ2n) is 10.0. The second-order valence-corrected chi connectivity index (χ2v) is 10.0. The van der Waals surface area contributed by atoms with Gasteiger partial charge in [-0.25, -0.2) is 4.98 Å². The molecule has 3 nitrogen and oxygen atoms in total. The van der Waals surface area contributed by atoms with Crippen LogP contribution in [0, 0.1) is 0 Å². The zero-order chi connectivity index (χ0) is 26.5. The van der Waals surface area contributed by atoms with Gasteiger partial charge in [0.1, 0.15) is 5.52 Å². The van der Waals surface area contributed by atoms with Gasteiger partial charge in [-0.2, -0.15) is 0 Å². The van der Waals surface area contributed by atoms with Crippen LogP contribution in [-0.2, 0) is 0 Å². The molecule has 40 heavy (non-hydrogen) atoms. The van der Waals surface area contributed by atoms with Crippen molar-refractivity contribution in [1.29, 1.82) is 0 Å². The normalized spacial score (nSPS) is 11.5. The van der Waals surface area contributed by atoms with E-state index in [-0.39, 0.29) is 0 Å². The van der Waals surface area contributed by atoms with Crippen LogP contribution < -0.4 is 0 Å². The van der Waals surface area contributed by atoms with E-state index < -0.39 is 0 Å². The molecular weight excluding hydrogens is 488 g/mol. The zero-order valence-electron chi connectivity index (χ0n) is 21.7. The zero-order valence-corrected chi connectivity index (χ0v) is 21.7. The van der Waals surface area contributed by atoms with Crippen molar-refractivity contribution in [3.8, 4) is 39.4 Å². The Hall–Kier alpha value is -5.41. The average molecular weight is 513 g/mol. The SMILES string of the molecule is c1ccc(-c2cccc3oc(-c4ccc(-c5ccc(-n6c7ccccc7c7ccccc76)cc5)cc4)nc23)cc1. The highest BCUT2D eigenvalue weighted by molar-refractivity contribution is 6.09. The van der Waals surface area contributed by atoms with Crippen LogP contribution in [0.5, 0.6) is 0 Å². The lowest BCUT2D eigenvalue weighted by Crippen LogP contribution is -1.93. The van der Waals surface area contributed by atoms with Gasteiger partial charge in [0.15, 0.2) is 5.58 Å². The molecule has 0 saturated heterocycles. The predicted molar refractivity (Wildman–Crippen MR) is 165 cm³/mol. The van der Waals surface area contributed by atoms with E-state index >= 15 is 0 Å². The first-order chi connectivity index (χ1) is 19.8. The summed E-state index contributed by atoms with van der Waals surface area (Å²) in [6.07, 6.45) is 0. The van der Waals surface area contributed by atoms with Gasteiger partial charge in [0.2, 0.25) is 5.89 Å². The molecule has 0 aliphatic carbocycles. The van der Waals surface area contributed by atoms with Crippen LogP contribution in [0.25, 0.3) is 72.3 Å². The van der Waals surface area contributed by atoms with Crippen molar-refractivity contribution in [2.45, 2.75) is 0 Å². The number of hydrogen-bond acceptors (Lipinski definition) is 2. The minimum absolute atomic E-state index is 0.631. The van der Waals surface area contributed by atoms with Gasteiger partial charge in [0.05, 0.1) is 11.0 Å². The summed E-state index contributed by atoms with van der Waals surface area (Å²) in [6.45, 7) is 0. The van der Waals surface area contributed by atoms with Crippen molar-refractivity contribution < 1.29 is 4.42 Å². The Morgan fingerprint density at radius 3 is 1.70 bits per heavy atom. The number of benzene rings is 6. The highest BCUT2D eigenvalue weighted by Gasteiger charge is 2.14. The second kappa shape index (κ2) is 9.11. The topological polar surface area (TPSA) is 31.0 Å². The van der Waals surface area contributed by atoms with E-state index in [4.69, 9.17) is 9.40 Å². The molecule has 0 radical (unpaired) electrons. The van der Waals surface area contributed by atoms with Crippen molar-refractivity contribution in [3.63, 3.8) is 0 Å². The maximum Gasteiger partial charge on any atom is 0.227 e. The van der Waals surface area contributed by atoms with E-state index in [2.05, 4.69) is 120 Å². The fraction of sp³-hybridized carbons (Fsp3) is 0. The van der Waals surface area contributed by atoms with Crippen molar-refractivity contribution >= 4 is 32.9 Å². The van der Waals surface area contributed by atoms with Crippen LogP contribution in [0.4, 0.5) is 0 Å². The van der Waals surface area contributed by atoms with E-state index in [0.717, 1.165) is 39.0 Å². The smallest absolute Gasteiger partial charge is 0.227 e. The summed E-state index contributed by atoms with van der Waals surface area (Å²) in [6, 6.07) is 50.8. The highest BCUT2D eigenvalue weighted by atomic mass is 16.3. The van der Waals surface area contributed by atoms with Gasteiger partial charge in [-0.1, -0.05) is 103 Å². The molecule has 0 unspecified atom stereocenters. The predicted octanol–water partition coefficient (Wildman–Crippen LogP) is 9.93. The summed E-state index contributed by atoms with van der Waals surface area (Å²) < 4.78 is 8.52. The molecule has 0 N–H and O–H groups in total. The van der Waals surface area contributed by atoms with Gasteiger partial charge in [0, 0.05) is 27.6 Å². The van der Waals surface area contributed by atoms with Gasteiger partial charge < -0.3 is 8.98 Å². The average Bonchev–Trinajstić information content (AvgIpc) is 3.62. The van der Waals surface area contributed by atoms with Gasteiger partial charge in [-0.15, -0.1) is 0 Å². The lowest BCUT2D eigenvalue weighted by molar-refractivity contribution is 0.620. The van der Waals surface area contributed by atoms with Crippen molar-refractivity contribution in [2.24, 2.45) is 0 Å². The molecule has 0 saturated carbocycles. The number of hydrogen-bond donors (Lipinski definition) is 0. The fourth-order valence-corrected chi connectivity index (χ4v) is 5.73. The van der Waals surface area contributed by atoms with E-state index in [0.29, 0.717) is 5.89 Å². The summed E-state index contributed by atoms with van der Waals surface area (Å²) in [7, 11) is 0. The molecule has 0 spiro atoms. The van der Waals surface area contributed by atoms with Crippen LogP contribution in [0.1, 0.15) is 0 Å². The number of nitrogens with zero attached hydrogens (tertiary/aromatic N) is 2. The molecule has 0 aliphatic heterocycles. The monoisotopic (exact) mass is 512 g/mol. The highest BCUT2D eigenvalue weighted by Crippen LogP contribution is 2.34. The van der Waals surface area contributed by atoms with Crippen LogP contribution in [0.2, 0.25) is 0 Å². The lowest BCUT2D eigenvalue weighted by atomic mass is 10.0. The first-order valence-electron chi connectivity index (χ1n) is 13.5. The standard InChI is InChI=1S/C37H24N2O/c1-2-9-27(10-3-1)30-13-8-16-35-36(30)38-37(40-35)28-19-17-25(18-20-28)26-21-23-29(24-22-26)39-33-14-6-4-11-31(33)32-12-5-7-15-34(32)39/h1-24H. The van der Waals surface area contributed by atoms with Crippen LogP contribution in [0.3, 0.4) is 0 Å². The third-order valence-electron chi connectivity index (χ3n) is 7.67. The van der Waals surface area contributed by atoms with E-state index in [1.54, 1.807) is 0 Å². The summed E-state index contributed by atoms with van der Waals surface area (Å²) in [5.74, 6) is 0.631. The molecular formula is C37H24N2O. The summed E-state index contributed by atoms with van der Waals surface area (Å²) in [5.41, 5.74) is 10.7. The minimum atomic E-state index is 0.631. The molecule has 0 fully saturated rings. The molecule has 2 aromatic heterocycles. The summed E-state index contributed by atoms with van der Waals surface area (Å²) in [5, 5.41) is 2.54. The fourth-order valence-electron chi connectivity index (χ4n) is 5.73. The van der Waals surface area contributed by atoms with Crippen molar-refractivity contribution in [2.75, 3.05) is 0 Å². The minimum Gasteiger partial charge on any atom is -0.436 e. The van der Waals surface area contributed by atoms with Crippen molar-refractivity contribution in [3.05, 3.63) is 146 Å². The van der Waals surface area contributed by atoms with Crippen LogP contribution in [0.15, 0.2) is 150 Å².